The number of ether oxygens (including phenoxy) is 1. The first kappa shape index (κ1) is 15.6. The monoisotopic (exact) mass is 312 g/mol. The van der Waals surface area contributed by atoms with E-state index in [-0.39, 0.29) is 17.8 Å². The first-order chi connectivity index (χ1) is 10.00. The van der Waals surface area contributed by atoms with Crippen LogP contribution in [0.4, 0.5) is 5.95 Å². The molecule has 9 heteroatoms. The van der Waals surface area contributed by atoms with E-state index in [9.17, 15) is 5.11 Å². The zero-order chi connectivity index (χ0) is 15.3. The van der Waals surface area contributed by atoms with Gasteiger partial charge in [-0.25, -0.2) is 4.68 Å². The number of methoxy groups -OCH3 is 1. The van der Waals surface area contributed by atoms with E-state index in [1.54, 1.807) is 32.5 Å². The predicted octanol–water partition coefficient (Wildman–Crippen LogP) is 0.910. The second kappa shape index (κ2) is 6.79. The molecule has 0 saturated carbocycles. The number of halogens is 1. The van der Waals surface area contributed by atoms with Crippen LogP contribution in [0, 0.1) is 0 Å². The molecule has 0 saturated heterocycles. The van der Waals surface area contributed by atoms with Crippen molar-refractivity contribution in [2.45, 2.75) is 18.9 Å². The van der Waals surface area contributed by atoms with Crippen LogP contribution in [-0.4, -0.2) is 55.7 Å². The third-order valence-electron chi connectivity index (χ3n) is 2.78. The minimum absolute atomic E-state index is 0.0505. The number of aliphatic hydroxyl groups is 1. The van der Waals surface area contributed by atoms with Crippen LogP contribution in [0.3, 0.4) is 0 Å². The van der Waals surface area contributed by atoms with Gasteiger partial charge in [-0.2, -0.15) is 20.1 Å². The minimum Gasteiger partial charge on any atom is -0.388 e. The van der Waals surface area contributed by atoms with E-state index in [0.29, 0.717) is 19.0 Å². The fourth-order valence-corrected chi connectivity index (χ4v) is 1.74. The SMILES string of the molecule is COCCC(C)(O)CNc1nc(Cl)nc(-n2cccn2)n1. The van der Waals surface area contributed by atoms with Crippen molar-refractivity contribution in [1.82, 2.24) is 24.7 Å². The first-order valence-corrected chi connectivity index (χ1v) is 6.75. The zero-order valence-electron chi connectivity index (χ0n) is 11.8. The maximum Gasteiger partial charge on any atom is 0.256 e. The van der Waals surface area contributed by atoms with Gasteiger partial charge in [0.1, 0.15) is 0 Å². The minimum atomic E-state index is -0.943. The summed E-state index contributed by atoms with van der Waals surface area (Å²) in [4.78, 5) is 12.2. The number of anilines is 1. The van der Waals surface area contributed by atoms with Crippen LogP contribution in [0.2, 0.25) is 5.28 Å². The Bertz CT molecular complexity index is 575. The average Bonchev–Trinajstić information content (AvgIpc) is 2.97. The number of aromatic nitrogens is 5. The molecule has 114 valence electrons. The van der Waals surface area contributed by atoms with Crippen LogP contribution in [0.15, 0.2) is 18.5 Å². The van der Waals surface area contributed by atoms with Gasteiger partial charge in [-0.3, -0.25) is 0 Å². The molecular formula is C12H17ClN6O2. The molecule has 0 aliphatic rings. The lowest BCUT2D eigenvalue weighted by molar-refractivity contribution is 0.0356. The molecule has 0 aliphatic heterocycles. The molecule has 2 aromatic heterocycles. The van der Waals surface area contributed by atoms with E-state index >= 15 is 0 Å². The molecule has 0 aliphatic carbocycles. The van der Waals surface area contributed by atoms with Crippen molar-refractivity contribution in [2.24, 2.45) is 0 Å². The van der Waals surface area contributed by atoms with Crippen molar-refractivity contribution < 1.29 is 9.84 Å². The van der Waals surface area contributed by atoms with Crippen molar-refractivity contribution in [1.29, 1.82) is 0 Å². The molecule has 0 bridgehead atoms. The molecule has 21 heavy (non-hydrogen) atoms. The van der Waals surface area contributed by atoms with Gasteiger partial charge in [0.2, 0.25) is 11.2 Å². The van der Waals surface area contributed by atoms with Gasteiger partial charge in [-0.15, -0.1) is 0 Å². The van der Waals surface area contributed by atoms with Gasteiger partial charge in [0, 0.05) is 39.1 Å². The molecule has 2 N–H and O–H groups in total. The second-order valence-corrected chi connectivity index (χ2v) is 5.11. The number of nitrogens with one attached hydrogen (secondary N) is 1. The van der Waals surface area contributed by atoms with Crippen molar-refractivity contribution >= 4 is 17.5 Å². The number of hydrogen-bond donors (Lipinski definition) is 2. The van der Waals surface area contributed by atoms with Crippen LogP contribution in [-0.2, 0) is 4.74 Å². The fraction of sp³-hybridized carbons (Fsp3) is 0.500. The first-order valence-electron chi connectivity index (χ1n) is 6.37. The summed E-state index contributed by atoms with van der Waals surface area (Å²) in [6.45, 7) is 2.43. The Hall–Kier alpha value is -1.77. The van der Waals surface area contributed by atoms with Gasteiger partial charge >= 0.3 is 0 Å². The van der Waals surface area contributed by atoms with Gasteiger partial charge in [0.25, 0.3) is 5.95 Å². The second-order valence-electron chi connectivity index (χ2n) is 4.77. The van der Waals surface area contributed by atoms with E-state index in [1.165, 1.54) is 4.68 Å². The van der Waals surface area contributed by atoms with Gasteiger partial charge in [-0.05, 0) is 24.6 Å². The van der Waals surface area contributed by atoms with E-state index in [4.69, 9.17) is 16.3 Å². The molecular weight excluding hydrogens is 296 g/mol. The maximum atomic E-state index is 10.2. The lowest BCUT2D eigenvalue weighted by Crippen LogP contribution is -2.35. The summed E-state index contributed by atoms with van der Waals surface area (Å²) >= 11 is 5.87. The molecule has 0 radical (unpaired) electrons. The smallest absolute Gasteiger partial charge is 0.256 e. The Labute approximate surface area is 127 Å². The number of hydrogen-bond acceptors (Lipinski definition) is 7. The molecule has 8 nitrogen and oxygen atoms in total. The normalized spacial score (nSPS) is 13.9. The third-order valence-corrected chi connectivity index (χ3v) is 2.95. The van der Waals surface area contributed by atoms with Crippen molar-refractivity contribution in [3.63, 3.8) is 0 Å². The maximum absolute atomic E-state index is 10.2. The van der Waals surface area contributed by atoms with Crippen LogP contribution in [0.1, 0.15) is 13.3 Å². The molecule has 1 atom stereocenters. The summed E-state index contributed by atoms with van der Waals surface area (Å²) in [6, 6.07) is 1.75. The van der Waals surface area contributed by atoms with E-state index in [1.807, 2.05) is 0 Å². The summed E-state index contributed by atoms with van der Waals surface area (Å²) in [6.07, 6.45) is 3.80. The summed E-state index contributed by atoms with van der Waals surface area (Å²) in [5, 5.41) is 17.2. The Morgan fingerprint density at radius 1 is 1.43 bits per heavy atom. The van der Waals surface area contributed by atoms with Crippen molar-refractivity contribution in [3.8, 4) is 5.95 Å². The topological polar surface area (TPSA) is 98.0 Å². The Morgan fingerprint density at radius 3 is 2.90 bits per heavy atom. The van der Waals surface area contributed by atoms with Gasteiger partial charge in [0.15, 0.2) is 0 Å². The van der Waals surface area contributed by atoms with E-state index in [2.05, 4.69) is 25.4 Å². The Kier molecular flexibility index (Phi) is 5.05. The average molecular weight is 313 g/mol. The van der Waals surface area contributed by atoms with Crippen LogP contribution in [0.25, 0.3) is 5.95 Å². The summed E-state index contributed by atoms with van der Waals surface area (Å²) in [7, 11) is 1.59. The van der Waals surface area contributed by atoms with Crippen LogP contribution >= 0.6 is 11.6 Å². The zero-order valence-corrected chi connectivity index (χ0v) is 12.6. The highest BCUT2D eigenvalue weighted by Crippen LogP contribution is 2.13. The van der Waals surface area contributed by atoms with Crippen molar-refractivity contribution in [2.75, 3.05) is 25.6 Å². The highest BCUT2D eigenvalue weighted by atomic mass is 35.5. The molecule has 2 rings (SSSR count). The quantitative estimate of drug-likeness (QED) is 0.784. The summed E-state index contributed by atoms with van der Waals surface area (Å²) in [5.41, 5.74) is -0.943. The lowest BCUT2D eigenvalue weighted by atomic mass is 10.0. The molecule has 0 aromatic carbocycles. The highest BCUT2D eigenvalue weighted by molar-refractivity contribution is 6.28. The van der Waals surface area contributed by atoms with E-state index < -0.39 is 5.60 Å². The fourth-order valence-electron chi connectivity index (χ4n) is 1.59. The Morgan fingerprint density at radius 2 is 2.24 bits per heavy atom. The molecule has 1 unspecified atom stereocenters. The molecule has 0 amide bonds. The van der Waals surface area contributed by atoms with Crippen LogP contribution < -0.4 is 5.32 Å². The predicted molar refractivity (Wildman–Crippen MR) is 77.6 cm³/mol. The molecule has 2 heterocycles. The molecule has 2 aromatic rings. The summed E-state index contributed by atoms with van der Waals surface area (Å²) < 4.78 is 6.43. The molecule has 0 fully saturated rings. The number of rotatable bonds is 7. The number of nitrogens with zero attached hydrogens (tertiary/aromatic N) is 5. The van der Waals surface area contributed by atoms with Crippen molar-refractivity contribution in [3.05, 3.63) is 23.7 Å². The van der Waals surface area contributed by atoms with Gasteiger partial charge < -0.3 is 15.2 Å². The third kappa shape index (κ3) is 4.62. The Balaban J connectivity index is 2.07. The standard InChI is InChI=1S/C12H17ClN6O2/c1-12(20,4-7-21-2)8-14-10-16-9(13)17-11(18-10)19-6-3-5-15-19/h3,5-6,20H,4,7-8H2,1-2H3,(H,14,16,17,18). The summed E-state index contributed by atoms with van der Waals surface area (Å²) in [5.74, 6) is 0.581. The van der Waals surface area contributed by atoms with Gasteiger partial charge in [0.05, 0.1) is 5.60 Å². The van der Waals surface area contributed by atoms with Crippen LogP contribution in [0.5, 0.6) is 0 Å². The lowest BCUT2D eigenvalue weighted by Gasteiger charge is -2.23. The highest BCUT2D eigenvalue weighted by Gasteiger charge is 2.20. The largest absolute Gasteiger partial charge is 0.388 e. The van der Waals surface area contributed by atoms with E-state index in [0.717, 1.165) is 0 Å². The van der Waals surface area contributed by atoms with Gasteiger partial charge in [-0.1, -0.05) is 0 Å². The molecule has 0 spiro atoms.